The molecule has 0 N–H and O–H groups in total. The van der Waals surface area contributed by atoms with Crippen LogP contribution in [0, 0.1) is 52.3 Å². The Labute approximate surface area is 231 Å². The van der Waals surface area contributed by atoms with E-state index in [1.54, 1.807) is 12.3 Å². The highest BCUT2D eigenvalue weighted by Gasteiger charge is 2.62. The molecule has 5 rings (SSSR count). The third kappa shape index (κ3) is 4.56. The number of aromatic nitrogens is 1. The number of fused-ring (bicyclic) bond motifs is 5. The van der Waals surface area contributed by atoms with E-state index in [2.05, 4.69) is 58.7 Å². The van der Waals surface area contributed by atoms with Crippen molar-refractivity contribution in [2.75, 3.05) is 0 Å². The van der Waals surface area contributed by atoms with Crippen LogP contribution in [0.3, 0.4) is 0 Å². The van der Waals surface area contributed by atoms with E-state index in [1.807, 2.05) is 12.3 Å². The number of hydrogen-bond acceptors (Lipinski definition) is 3. The molecule has 38 heavy (non-hydrogen) atoms. The molecule has 4 aliphatic rings. The second-order valence-corrected chi connectivity index (χ2v) is 14.1. The third-order valence-electron chi connectivity index (χ3n) is 12.0. The van der Waals surface area contributed by atoms with Gasteiger partial charge in [0.05, 0.1) is 0 Å². The lowest BCUT2D eigenvalue weighted by Crippen LogP contribution is -2.54. The Morgan fingerprint density at radius 3 is 2.53 bits per heavy atom. The summed E-state index contributed by atoms with van der Waals surface area (Å²) >= 11 is 0. The predicted octanol–water partition coefficient (Wildman–Crippen LogP) is 8.50. The molecule has 3 nitrogen and oxygen atoms in total. The Balaban J connectivity index is 1.50. The SMILES string of the molecule is CC[C@H](CC[C@@H](C)[C@H]1CC[C@H]2[C@@H]3/C(=C/c4cccnc4)C(=O)C4=CC(=O)CC[C@]4(C)[C@H]3CC[C@]12C)C(C)C. The van der Waals surface area contributed by atoms with Crippen molar-refractivity contribution in [3.8, 4) is 0 Å². The number of hydrogen-bond donors (Lipinski definition) is 0. The zero-order chi connectivity index (χ0) is 27.2. The summed E-state index contributed by atoms with van der Waals surface area (Å²) in [5, 5.41) is 0. The maximum Gasteiger partial charge on any atom is 0.186 e. The van der Waals surface area contributed by atoms with Crippen LogP contribution in [0.25, 0.3) is 6.08 Å². The number of nitrogens with zero attached hydrogens (tertiary/aromatic N) is 1. The second kappa shape index (κ2) is 10.5. The van der Waals surface area contributed by atoms with E-state index in [0.29, 0.717) is 18.3 Å². The molecule has 0 amide bonds. The Kier molecular flexibility index (Phi) is 7.61. The van der Waals surface area contributed by atoms with Crippen molar-refractivity contribution < 1.29 is 9.59 Å². The molecule has 0 aromatic carbocycles. The lowest BCUT2D eigenvalue weighted by molar-refractivity contribution is -0.124. The molecule has 8 atom stereocenters. The van der Waals surface area contributed by atoms with E-state index in [-0.39, 0.29) is 28.3 Å². The van der Waals surface area contributed by atoms with Crippen LogP contribution in [-0.2, 0) is 9.59 Å². The third-order valence-corrected chi connectivity index (χ3v) is 12.0. The predicted molar refractivity (Wildman–Crippen MR) is 155 cm³/mol. The fourth-order valence-electron chi connectivity index (χ4n) is 9.69. The van der Waals surface area contributed by atoms with E-state index < -0.39 is 0 Å². The van der Waals surface area contributed by atoms with E-state index in [4.69, 9.17) is 0 Å². The van der Waals surface area contributed by atoms with Crippen LogP contribution in [0.2, 0.25) is 0 Å². The molecule has 0 spiro atoms. The zero-order valence-corrected chi connectivity index (χ0v) is 24.6. The lowest BCUT2D eigenvalue weighted by atomic mass is 9.45. The maximum absolute atomic E-state index is 14.2. The first kappa shape index (κ1) is 27.5. The minimum absolute atomic E-state index is 0.118. The average Bonchev–Trinajstić information content (AvgIpc) is 3.25. The Hall–Kier alpha value is -2.03. The Bertz CT molecular complexity index is 1120. The second-order valence-electron chi connectivity index (χ2n) is 14.1. The average molecular weight is 516 g/mol. The smallest absolute Gasteiger partial charge is 0.186 e. The minimum Gasteiger partial charge on any atom is -0.295 e. The molecule has 4 aliphatic carbocycles. The number of carbonyl (C=O) groups is 2. The van der Waals surface area contributed by atoms with Gasteiger partial charge in [-0.25, -0.2) is 0 Å². The van der Waals surface area contributed by atoms with Crippen LogP contribution < -0.4 is 0 Å². The summed E-state index contributed by atoms with van der Waals surface area (Å²) < 4.78 is 0. The molecule has 3 heteroatoms. The van der Waals surface area contributed by atoms with Gasteiger partial charge in [0.2, 0.25) is 0 Å². The van der Waals surface area contributed by atoms with E-state index in [9.17, 15) is 9.59 Å². The molecule has 206 valence electrons. The van der Waals surface area contributed by atoms with Crippen molar-refractivity contribution in [2.45, 2.75) is 99.3 Å². The summed E-state index contributed by atoms with van der Waals surface area (Å²) in [7, 11) is 0. The molecule has 0 saturated heterocycles. The van der Waals surface area contributed by atoms with Crippen LogP contribution in [0.5, 0.6) is 0 Å². The van der Waals surface area contributed by atoms with Crippen LogP contribution >= 0.6 is 0 Å². The molecule has 3 saturated carbocycles. The molecular weight excluding hydrogens is 466 g/mol. The summed E-state index contributed by atoms with van der Waals surface area (Å²) in [5.41, 5.74) is 2.83. The summed E-state index contributed by atoms with van der Waals surface area (Å²) in [6, 6.07) is 4.00. The summed E-state index contributed by atoms with van der Waals surface area (Å²) in [5.74, 6) is 4.51. The number of allylic oxidation sites excluding steroid dienone is 2. The Morgan fingerprint density at radius 1 is 1.05 bits per heavy atom. The van der Waals surface area contributed by atoms with Gasteiger partial charge in [-0.3, -0.25) is 14.6 Å². The maximum atomic E-state index is 14.2. The molecule has 0 aliphatic heterocycles. The van der Waals surface area contributed by atoms with Gasteiger partial charge in [0, 0.05) is 35.4 Å². The molecular formula is C35H49NO2. The standard InChI is InChI=1S/C35H49NO2/c1-7-25(22(2)3)11-10-23(4)28-12-13-29-32-27(19-24-9-8-18-36-21-24)33(38)31-20-26(37)14-16-35(31,6)30(32)15-17-34(28,29)5/h8-9,18-23,25,28-30,32H,7,10-17H2,1-6H3/b27-19-/t23-,25-,28-,29+,30+,32+,34-,35-/m1/s1. The normalized spacial score (nSPS) is 37.4. The van der Waals surface area contributed by atoms with Gasteiger partial charge in [-0.2, -0.15) is 0 Å². The van der Waals surface area contributed by atoms with Gasteiger partial charge in [0.15, 0.2) is 11.6 Å². The summed E-state index contributed by atoms with van der Waals surface area (Å²) in [6.07, 6.45) is 17.7. The molecule has 0 unspecified atom stereocenters. The number of rotatable bonds is 7. The van der Waals surface area contributed by atoms with Crippen LogP contribution in [0.1, 0.15) is 105 Å². The zero-order valence-electron chi connectivity index (χ0n) is 24.6. The highest BCUT2D eigenvalue weighted by Crippen LogP contribution is 2.68. The molecule has 1 heterocycles. The van der Waals surface area contributed by atoms with Gasteiger partial charge in [-0.15, -0.1) is 0 Å². The van der Waals surface area contributed by atoms with Crippen LogP contribution in [0.15, 0.2) is 41.7 Å². The molecule has 3 fully saturated rings. The van der Waals surface area contributed by atoms with E-state index in [1.165, 1.54) is 38.5 Å². The molecule has 0 bridgehead atoms. The fourth-order valence-corrected chi connectivity index (χ4v) is 9.69. The van der Waals surface area contributed by atoms with Crippen molar-refractivity contribution in [3.63, 3.8) is 0 Å². The quantitative estimate of drug-likeness (QED) is 0.342. The summed E-state index contributed by atoms with van der Waals surface area (Å²) in [4.78, 5) is 31.1. The van der Waals surface area contributed by atoms with Gasteiger partial charge in [0.1, 0.15) is 0 Å². The van der Waals surface area contributed by atoms with Gasteiger partial charge < -0.3 is 0 Å². The van der Waals surface area contributed by atoms with Gasteiger partial charge in [-0.05, 0) is 109 Å². The van der Waals surface area contributed by atoms with Crippen molar-refractivity contribution in [2.24, 2.45) is 52.3 Å². The van der Waals surface area contributed by atoms with Gasteiger partial charge in [-0.1, -0.05) is 60.5 Å². The fraction of sp³-hybridized carbons (Fsp3) is 0.686. The molecule has 1 aromatic heterocycles. The molecule has 0 radical (unpaired) electrons. The first-order valence-corrected chi connectivity index (χ1v) is 15.5. The lowest BCUT2D eigenvalue weighted by Gasteiger charge is -2.58. The van der Waals surface area contributed by atoms with Crippen molar-refractivity contribution >= 4 is 17.6 Å². The molecule has 1 aromatic rings. The Morgan fingerprint density at radius 2 is 1.84 bits per heavy atom. The largest absolute Gasteiger partial charge is 0.295 e. The minimum atomic E-state index is -0.182. The monoisotopic (exact) mass is 515 g/mol. The van der Waals surface area contributed by atoms with Crippen LogP contribution in [0.4, 0.5) is 0 Å². The van der Waals surface area contributed by atoms with Crippen molar-refractivity contribution in [1.82, 2.24) is 4.98 Å². The summed E-state index contributed by atoms with van der Waals surface area (Å²) in [6.45, 7) is 14.5. The van der Waals surface area contributed by atoms with E-state index >= 15 is 0 Å². The first-order valence-electron chi connectivity index (χ1n) is 15.5. The number of pyridine rings is 1. The number of ketones is 2. The first-order chi connectivity index (χ1) is 18.1. The van der Waals surface area contributed by atoms with Gasteiger partial charge in [0.25, 0.3) is 0 Å². The van der Waals surface area contributed by atoms with Crippen molar-refractivity contribution in [1.29, 1.82) is 0 Å². The number of Topliss-reactive ketones (excluding diaryl/α,β-unsaturated/α-hetero) is 1. The highest BCUT2D eigenvalue weighted by atomic mass is 16.1. The highest BCUT2D eigenvalue weighted by molar-refractivity contribution is 6.16. The van der Waals surface area contributed by atoms with Crippen molar-refractivity contribution in [3.05, 3.63) is 47.3 Å². The number of carbonyl (C=O) groups excluding carboxylic acids is 2. The van der Waals surface area contributed by atoms with Crippen LogP contribution in [-0.4, -0.2) is 16.6 Å². The van der Waals surface area contributed by atoms with Gasteiger partial charge >= 0.3 is 0 Å². The topological polar surface area (TPSA) is 47.0 Å². The van der Waals surface area contributed by atoms with E-state index in [0.717, 1.165) is 53.2 Å².